The number of hydrogen-bond acceptors (Lipinski definition) is 2. The molecule has 2 aromatic heterocycles. The van der Waals surface area contributed by atoms with Crippen molar-refractivity contribution in [2.75, 3.05) is 4.90 Å². The van der Waals surface area contributed by atoms with Crippen LogP contribution in [0.3, 0.4) is 0 Å². The van der Waals surface area contributed by atoms with Crippen LogP contribution in [0.4, 0.5) is 11.4 Å². The number of allylic oxidation sites excluding steroid dienone is 12. The van der Waals surface area contributed by atoms with Gasteiger partial charge in [0.05, 0.1) is 22.9 Å². The molecule has 270 valence electrons. The Morgan fingerprint density at radius 2 is 1.46 bits per heavy atom. The Kier molecular flexibility index (Phi) is 12.2. The van der Waals surface area contributed by atoms with Crippen molar-refractivity contribution in [2.45, 2.75) is 53.9 Å². The summed E-state index contributed by atoms with van der Waals surface area (Å²) in [7, 11) is 0. The van der Waals surface area contributed by atoms with E-state index < -0.39 is 0 Å². The highest BCUT2D eigenvalue weighted by Crippen LogP contribution is 2.36. The molecule has 3 heteroatoms. The van der Waals surface area contributed by atoms with Gasteiger partial charge in [-0.1, -0.05) is 131 Å². The number of pyridine rings is 1. The number of rotatable bonds is 14. The van der Waals surface area contributed by atoms with Crippen molar-refractivity contribution in [1.29, 1.82) is 0 Å². The van der Waals surface area contributed by atoms with Crippen LogP contribution in [0.2, 0.25) is 0 Å². The second kappa shape index (κ2) is 17.6. The van der Waals surface area contributed by atoms with E-state index in [0.717, 1.165) is 80.9 Å². The number of unbranched alkanes of at least 4 members (excludes halogenated alkanes) is 1. The van der Waals surface area contributed by atoms with Gasteiger partial charge in [0, 0.05) is 34.1 Å². The minimum atomic E-state index is 1.02. The molecule has 0 aliphatic heterocycles. The molecular weight excluding hydrogens is 655 g/mol. The number of hydrogen-bond donors (Lipinski definition) is 0. The van der Waals surface area contributed by atoms with Gasteiger partial charge in [-0.25, -0.2) is 0 Å². The maximum absolute atomic E-state index is 4.51. The fourth-order valence-corrected chi connectivity index (χ4v) is 7.16. The molecule has 6 aromatic rings. The third-order valence-corrected chi connectivity index (χ3v) is 10.1. The topological polar surface area (TPSA) is 21.1 Å². The van der Waals surface area contributed by atoms with E-state index in [4.69, 9.17) is 0 Å². The first-order valence-electron chi connectivity index (χ1n) is 19.0. The molecule has 3 nitrogen and oxygen atoms in total. The molecule has 54 heavy (non-hydrogen) atoms. The molecule has 6 rings (SSSR count). The Labute approximate surface area is 322 Å². The van der Waals surface area contributed by atoms with Gasteiger partial charge in [0.25, 0.3) is 0 Å². The quantitative estimate of drug-likeness (QED) is 0.105. The van der Waals surface area contributed by atoms with E-state index in [2.05, 4.69) is 190 Å². The highest BCUT2D eigenvalue weighted by molar-refractivity contribution is 6.11. The lowest BCUT2D eigenvalue weighted by atomic mass is 10.0. The zero-order valence-corrected chi connectivity index (χ0v) is 32.4. The largest absolute Gasteiger partial charge is 0.313 e. The SMILES string of the molecule is C=C/C(=C\C(=C/C)n1c2ccccc2c2cc(/C(C=C)=C/C=C(\C)N(c3ccc(/C(=C/CCC)CC)cc3)c3cnccc3C)ccc21)c1ccccc1. The standard InChI is InChI=1S/C51H51N3/c1-8-13-19-39(9-2)43-26-29-46(30-27-43)53(51-36-52-33-32-37(51)6)38(7)24-25-40(10-3)44-28-31-50-48(35-44)47-22-17-18-23-49(47)54(50)45(12-5)34-41(11-4)42-20-15-14-16-21-42/h10-12,14-36H,3-4,8-9,13H2,1-2,5-7H3/b38-24+,39-19+,40-25+,41-34+,45-12+. The van der Waals surface area contributed by atoms with Crippen molar-refractivity contribution < 1.29 is 0 Å². The monoisotopic (exact) mass is 705 g/mol. The van der Waals surface area contributed by atoms with Crippen LogP contribution < -0.4 is 4.90 Å². The summed E-state index contributed by atoms with van der Waals surface area (Å²) in [6, 6.07) is 36.8. The lowest BCUT2D eigenvalue weighted by Crippen LogP contribution is -2.15. The van der Waals surface area contributed by atoms with Crippen LogP contribution >= 0.6 is 0 Å². The van der Waals surface area contributed by atoms with Crippen molar-refractivity contribution >= 4 is 55.6 Å². The summed E-state index contributed by atoms with van der Waals surface area (Å²) in [5.41, 5.74) is 14.8. The molecule has 2 heterocycles. The lowest BCUT2D eigenvalue weighted by molar-refractivity contribution is 0.955. The molecule has 0 amide bonds. The van der Waals surface area contributed by atoms with Crippen molar-refractivity contribution in [3.05, 3.63) is 199 Å². The van der Waals surface area contributed by atoms with Gasteiger partial charge in [-0.05, 0) is 121 Å². The maximum Gasteiger partial charge on any atom is 0.0670 e. The second-order valence-electron chi connectivity index (χ2n) is 13.5. The van der Waals surface area contributed by atoms with Gasteiger partial charge in [-0.3, -0.25) is 4.98 Å². The van der Waals surface area contributed by atoms with Crippen LogP contribution in [0.1, 0.15) is 69.2 Å². The molecule has 0 atom stereocenters. The minimum Gasteiger partial charge on any atom is -0.313 e. The van der Waals surface area contributed by atoms with E-state index in [-0.39, 0.29) is 0 Å². The Morgan fingerprint density at radius 3 is 2.15 bits per heavy atom. The van der Waals surface area contributed by atoms with E-state index in [1.807, 2.05) is 30.6 Å². The second-order valence-corrected chi connectivity index (χ2v) is 13.5. The highest BCUT2D eigenvalue weighted by Gasteiger charge is 2.16. The van der Waals surface area contributed by atoms with Crippen molar-refractivity contribution in [3.63, 3.8) is 0 Å². The Balaban J connectivity index is 1.41. The fourth-order valence-electron chi connectivity index (χ4n) is 7.16. The molecule has 0 bridgehead atoms. The maximum atomic E-state index is 4.51. The molecule has 0 saturated heterocycles. The molecule has 0 fully saturated rings. The Hall–Kier alpha value is -6.19. The third-order valence-electron chi connectivity index (χ3n) is 10.1. The summed E-state index contributed by atoms with van der Waals surface area (Å²) in [4.78, 5) is 6.80. The number of aryl methyl sites for hydroxylation is 1. The zero-order chi connectivity index (χ0) is 38.0. The van der Waals surface area contributed by atoms with Gasteiger partial charge >= 0.3 is 0 Å². The third kappa shape index (κ3) is 7.91. The van der Waals surface area contributed by atoms with E-state index in [1.165, 1.54) is 21.9 Å². The number of para-hydroxylation sites is 1. The molecule has 0 saturated carbocycles. The molecule has 0 spiro atoms. The van der Waals surface area contributed by atoms with E-state index >= 15 is 0 Å². The van der Waals surface area contributed by atoms with E-state index in [1.54, 1.807) is 0 Å². The highest BCUT2D eigenvalue weighted by atomic mass is 15.2. The first-order valence-corrected chi connectivity index (χ1v) is 19.0. The predicted molar refractivity (Wildman–Crippen MR) is 237 cm³/mol. The Morgan fingerprint density at radius 1 is 0.759 bits per heavy atom. The van der Waals surface area contributed by atoms with Gasteiger partial charge in [0.1, 0.15) is 0 Å². The van der Waals surface area contributed by atoms with Gasteiger partial charge in [-0.2, -0.15) is 0 Å². The molecule has 0 aliphatic carbocycles. The summed E-state index contributed by atoms with van der Waals surface area (Å²) >= 11 is 0. The summed E-state index contributed by atoms with van der Waals surface area (Å²) < 4.78 is 2.35. The predicted octanol–water partition coefficient (Wildman–Crippen LogP) is 14.5. The van der Waals surface area contributed by atoms with Crippen LogP contribution in [-0.4, -0.2) is 9.55 Å². The lowest BCUT2D eigenvalue weighted by Gasteiger charge is -2.27. The Bertz CT molecular complexity index is 2430. The van der Waals surface area contributed by atoms with Crippen molar-refractivity contribution in [2.24, 2.45) is 0 Å². The average molecular weight is 706 g/mol. The zero-order valence-electron chi connectivity index (χ0n) is 32.4. The molecule has 0 unspecified atom stereocenters. The normalized spacial score (nSPS) is 13.1. The minimum absolute atomic E-state index is 1.02. The molecular formula is C51H51N3. The number of nitrogens with zero attached hydrogens (tertiary/aromatic N) is 3. The molecule has 0 radical (unpaired) electrons. The average Bonchev–Trinajstić information content (AvgIpc) is 3.54. The van der Waals surface area contributed by atoms with Gasteiger partial charge in [0.15, 0.2) is 0 Å². The smallest absolute Gasteiger partial charge is 0.0670 e. The van der Waals surface area contributed by atoms with Gasteiger partial charge < -0.3 is 9.47 Å². The number of anilines is 2. The molecule has 0 aliphatic rings. The van der Waals surface area contributed by atoms with E-state index in [0.29, 0.717) is 0 Å². The van der Waals surface area contributed by atoms with Crippen LogP contribution in [0.5, 0.6) is 0 Å². The van der Waals surface area contributed by atoms with E-state index in [9.17, 15) is 0 Å². The summed E-state index contributed by atoms with van der Waals surface area (Å²) in [6.45, 7) is 19.2. The van der Waals surface area contributed by atoms with Crippen LogP contribution in [0.25, 0.3) is 44.2 Å². The molecule has 0 N–H and O–H groups in total. The first-order chi connectivity index (χ1) is 26.4. The van der Waals surface area contributed by atoms with Crippen LogP contribution in [0.15, 0.2) is 177 Å². The number of fused-ring (bicyclic) bond motifs is 3. The van der Waals surface area contributed by atoms with Gasteiger partial charge in [-0.15, -0.1) is 0 Å². The van der Waals surface area contributed by atoms with Crippen molar-refractivity contribution in [1.82, 2.24) is 9.55 Å². The van der Waals surface area contributed by atoms with Crippen LogP contribution in [0, 0.1) is 6.92 Å². The fraction of sp³-hybridized carbons (Fsp3) is 0.157. The van der Waals surface area contributed by atoms with Crippen LogP contribution in [-0.2, 0) is 0 Å². The number of benzene rings is 4. The van der Waals surface area contributed by atoms with Crippen molar-refractivity contribution in [3.8, 4) is 0 Å². The summed E-state index contributed by atoms with van der Waals surface area (Å²) in [5.74, 6) is 0. The molecule has 4 aromatic carbocycles. The van der Waals surface area contributed by atoms with Gasteiger partial charge in [0.2, 0.25) is 0 Å². The summed E-state index contributed by atoms with van der Waals surface area (Å²) in [6.07, 6.45) is 22.1. The number of aromatic nitrogens is 2. The first kappa shape index (κ1) is 37.6. The summed E-state index contributed by atoms with van der Waals surface area (Å²) in [5, 5.41) is 2.39.